The summed E-state index contributed by atoms with van der Waals surface area (Å²) in [5.41, 5.74) is 2.95. The van der Waals surface area contributed by atoms with Crippen molar-refractivity contribution in [3.05, 3.63) is 53.3 Å². The number of morpholine rings is 1. The molecule has 1 aliphatic heterocycles. The molecule has 3 aromatic rings. The lowest BCUT2D eigenvalue weighted by Gasteiger charge is -2.26. The number of carbonyl (C=O) groups excluding carboxylic acids is 1. The molecule has 2 N–H and O–H groups in total. The van der Waals surface area contributed by atoms with Crippen molar-refractivity contribution in [2.45, 2.75) is 26.3 Å². The number of phenolic OH excluding ortho intramolecular Hbond substituents is 2. The Labute approximate surface area is 180 Å². The van der Waals surface area contributed by atoms with Crippen molar-refractivity contribution >= 4 is 6.29 Å². The summed E-state index contributed by atoms with van der Waals surface area (Å²) < 4.78 is 7.01. The Balaban J connectivity index is 1.71. The van der Waals surface area contributed by atoms with Crippen LogP contribution in [0.3, 0.4) is 0 Å². The number of hydrogen-bond acceptors (Lipinski definition) is 7. The maximum atomic E-state index is 11.6. The van der Waals surface area contributed by atoms with Gasteiger partial charge in [-0.1, -0.05) is 26.0 Å². The van der Waals surface area contributed by atoms with Gasteiger partial charge in [-0.15, -0.1) is 10.2 Å². The summed E-state index contributed by atoms with van der Waals surface area (Å²) in [6.07, 6.45) is 0.638. The van der Waals surface area contributed by atoms with Crippen molar-refractivity contribution in [3.63, 3.8) is 0 Å². The summed E-state index contributed by atoms with van der Waals surface area (Å²) in [4.78, 5) is 14.0. The highest BCUT2D eigenvalue weighted by atomic mass is 16.5. The van der Waals surface area contributed by atoms with E-state index in [-0.39, 0.29) is 23.2 Å². The zero-order chi connectivity index (χ0) is 22.0. The summed E-state index contributed by atoms with van der Waals surface area (Å²) in [6.45, 7) is 8.04. The van der Waals surface area contributed by atoms with Crippen LogP contribution < -0.4 is 0 Å². The first kappa shape index (κ1) is 21.0. The maximum absolute atomic E-state index is 11.6. The fraction of sp³-hybridized carbons (Fsp3) is 0.348. The second-order valence-electron chi connectivity index (χ2n) is 7.97. The van der Waals surface area contributed by atoms with E-state index in [1.165, 1.54) is 6.07 Å². The summed E-state index contributed by atoms with van der Waals surface area (Å²) >= 11 is 0. The number of carbonyl (C=O) groups is 1. The van der Waals surface area contributed by atoms with Gasteiger partial charge in [0, 0.05) is 31.4 Å². The smallest absolute Gasteiger partial charge is 0.201 e. The first-order valence-electron chi connectivity index (χ1n) is 10.3. The number of benzene rings is 2. The molecule has 0 unspecified atom stereocenters. The molecule has 2 aromatic carbocycles. The number of rotatable bonds is 6. The van der Waals surface area contributed by atoms with Crippen LogP contribution in [0.1, 0.15) is 41.5 Å². The third kappa shape index (κ3) is 4.30. The van der Waals surface area contributed by atoms with Gasteiger partial charge in [-0.05, 0) is 35.2 Å². The number of aromatic hydroxyl groups is 2. The number of aldehydes is 1. The lowest BCUT2D eigenvalue weighted by molar-refractivity contribution is 0.0342. The Kier molecular flexibility index (Phi) is 6.01. The van der Waals surface area contributed by atoms with Crippen LogP contribution in [0.4, 0.5) is 0 Å². The first-order valence-corrected chi connectivity index (χ1v) is 10.3. The molecule has 1 aliphatic rings. The molecular formula is C23H26N4O4. The topological polar surface area (TPSA) is 101 Å². The van der Waals surface area contributed by atoms with Gasteiger partial charge in [-0.2, -0.15) is 0 Å². The molecule has 31 heavy (non-hydrogen) atoms. The minimum absolute atomic E-state index is 0.0189. The monoisotopic (exact) mass is 422 g/mol. The fourth-order valence-electron chi connectivity index (χ4n) is 3.81. The van der Waals surface area contributed by atoms with Crippen LogP contribution in [0.15, 0.2) is 36.4 Å². The van der Waals surface area contributed by atoms with Crippen molar-refractivity contribution in [2.24, 2.45) is 0 Å². The number of ether oxygens (including phenoxy) is 1. The number of hydrogen-bond donors (Lipinski definition) is 2. The van der Waals surface area contributed by atoms with Crippen LogP contribution in [-0.2, 0) is 11.3 Å². The molecule has 0 bridgehead atoms. The SMILES string of the molecule is CC(C)c1cc(-c2nnc(C=O)n2-c2ccc(CN3CCOCC3)cc2)c(O)cc1O. The van der Waals surface area contributed by atoms with Crippen molar-refractivity contribution in [1.82, 2.24) is 19.7 Å². The molecule has 162 valence electrons. The molecule has 0 atom stereocenters. The molecule has 0 amide bonds. The van der Waals surface area contributed by atoms with Crippen LogP contribution >= 0.6 is 0 Å². The highest BCUT2D eigenvalue weighted by Gasteiger charge is 2.21. The van der Waals surface area contributed by atoms with E-state index in [0.29, 0.717) is 28.9 Å². The van der Waals surface area contributed by atoms with Gasteiger partial charge in [0.1, 0.15) is 11.5 Å². The Bertz CT molecular complexity index is 1070. The molecule has 0 spiro atoms. The minimum atomic E-state index is -0.128. The predicted octanol–water partition coefficient (Wildman–Crippen LogP) is 3.11. The standard InChI is InChI=1S/C23H26N4O4/c1-15(2)18-11-19(21(30)12-20(18)29)23-25-24-22(14-28)27(23)17-5-3-16(4-6-17)13-26-7-9-31-10-8-26/h3-6,11-12,14-15,29-30H,7-10,13H2,1-2H3. The van der Waals surface area contributed by atoms with Gasteiger partial charge in [-0.3, -0.25) is 14.3 Å². The molecular weight excluding hydrogens is 396 g/mol. The van der Waals surface area contributed by atoms with E-state index in [4.69, 9.17) is 4.74 Å². The Morgan fingerprint density at radius 3 is 2.42 bits per heavy atom. The summed E-state index contributed by atoms with van der Waals surface area (Å²) in [5.74, 6) is 0.403. The van der Waals surface area contributed by atoms with Crippen LogP contribution in [0.5, 0.6) is 11.5 Å². The van der Waals surface area contributed by atoms with Crippen molar-refractivity contribution in [2.75, 3.05) is 26.3 Å². The van der Waals surface area contributed by atoms with Crippen molar-refractivity contribution < 1.29 is 19.7 Å². The molecule has 0 saturated carbocycles. The normalized spacial score (nSPS) is 14.8. The summed E-state index contributed by atoms with van der Waals surface area (Å²) in [6, 6.07) is 10.8. The summed E-state index contributed by atoms with van der Waals surface area (Å²) in [5, 5.41) is 28.8. The fourth-order valence-corrected chi connectivity index (χ4v) is 3.81. The van der Waals surface area contributed by atoms with E-state index in [2.05, 4.69) is 15.1 Å². The Morgan fingerprint density at radius 2 is 1.77 bits per heavy atom. The van der Waals surface area contributed by atoms with Gasteiger partial charge in [0.15, 0.2) is 12.1 Å². The Hall–Kier alpha value is -3.23. The molecule has 0 aliphatic carbocycles. The first-order chi connectivity index (χ1) is 15.0. The van der Waals surface area contributed by atoms with E-state index in [1.807, 2.05) is 38.1 Å². The lowest BCUT2D eigenvalue weighted by atomic mass is 9.98. The van der Waals surface area contributed by atoms with Gasteiger partial charge >= 0.3 is 0 Å². The van der Waals surface area contributed by atoms with Gasteiger partial charge in [0.2, 0.25) is 5.82 Å². The highest BCUT2D eigenvalue weighted by molar-refractivity contribution is 5.76. The van der Waals surface area contributed by atoms with E-state index < -0.39 is 0 Å². The largest absolute Gasteiger partial charge is 0.508 e. The molecule has 2 heterocycles. The number of aromatic nitrogens is 3. The molecule has 8 heteroatoms. The lowest BCUT2D eigenvalue weighted by Crippen LogP contribution is -2.35. The van der Waals surface area contributed by atoms with Gasteiger partial charge in [0.25, 0.3) is 0 Å². The van der Waals surface area contributed by atoms with E-state index in [0.717, 1.165) is 38.4 Å². The van der Waals surface area contributed by atoms with Crippen molar-refractivity contribution in [3.8, 4) is 28.6 Å². The third-order valence-corrected chi connectivity index (χ3v) is 5.51. The molecule has 1 fully saturated rings. The highest BCUT2D eigenvalue weighted by Crippen LogP contribution is 2.38. The van der Waals surface area contributed by atoms with Crippen LogP contribution in [0.2, 0.25) is 0 Å². The number of nitrogens with zero attached hydrogens (tertiary/aromatic N) is 4. The van der Waals surface area contributed by atoms with Crippen LogP contribution in [0.25, 0.3) is 17.1 Å². The van der Waals surface area contributed by atoms with Gasteiger partial charge < -0.3 is 14.9 Å². The summed E-state index contributed by atoms with van der Waals surface area (Å²) in [7, 11) is 0. The Morgan fingerprint density at radius 1 is 1.06 bits per heavy atom. The average Bonchev–Trinajstić information content (AvgIpc) is 3.18. The zero-order valence-electron chi connectivity index (χ0n) is 17.7. The minimum Gasteiger partial charge on any atom is -0.508 e. The quantitative estimate of drug-likeness (QED) is 0.589. The van der Waals surface area contributed by atoms with E-state index >= 15 is 0 Å². The maximum Gasteiger partial charge on any atom is 0.201 e. The number of phenols is 2. The van der Waals surface area contributed by atoms with Crippen LogP contribution in [0, 0.1) is 0 Å². The molecule has 0 radical (unpaired) electrons. The molecule has 4 rings (SSSR count). The molecule has 1 saturated heterocycles. The molecule has 8 nitrogen and oxygen atoms in total. The van der Waals surface area contributed by atoms with E-state index in [1.54, 1.807) is 10.6 Å². The molecule has 1 aromatic heterocycles. The second kappa shape index (κ2) is 8.87. The van der Waals surface area contributed by atoms with Crippen LogP contribution in [-0.4, -0.2) is 62.5 Å². The van der Waals surface area contributed by atoms with E-state index in [9.17, 15) is 15.0 Å². The second-order valence-corrected chi connectivity index (χ2v) is 7.97. The van der Waals surface area contributed by atoms with Gasteiger partial charge in [0.05, 0.1) is 18.8 Å². The van der Waals surface area contributed by atoms with Crippen molar-refractivity contribution in [1.29, 1.82) is 0 Å². The third-order valence-electron chi connectivity index (χ3n) is 5.51. The van der Waals surface area contributed by atoms with Gasteiger partial charge in [-0.25, -0.2) is 0 Å². The predicted molar refractivity (Wildman–Crippen MR) is 116 cm³/mol. The zero-order valence-corrected chi connectivity index (χ0v) is 17.7. The average molecular weight is 422 g/mol.